The summed E-state index contributed by atoms with van der Waals surface area (Å²) in [5.41, 5.74) is 0.236. The van der Waals surface area contributed by atoms with E-state index in [0.717, 1.165) is 23.4 Å². The quantitative estimate of drug-likeness (QED) is 0.837. The molecule has 2 aromatic rings. The van der Waals surface area contributed by atoms with E-state index in [1.165, 1.54) is 6.33 Å². The standard InChI is InChI=1S/C14H12F4N4/c15-8-1-2-11(10(5-8)14(16,17)18)22-13-9-3-4-19-6-12(9)20-7-21-13/h1-2,5,7,19H,3-4,6H2,(H,20,21,22). The lowest BCUT2D eigenvalue weighted by Gasteiger charge is -2.20. The number of nitrogens with zero attached hydrogens (tertiary/aromatic N) is 2. The van der Waals surface area contributed by atoms with Gasteiger partial charge in [0, 0.05) is 12.1 Å². The van der Waals surface area contributed by atoms with Crippen molar-refractivity contribution >= 4 is 11.5 Å². The Morgan fingerprint density at radius 2 is 2.00 bits per heavy atom. The van der Waals surface area contributed by atoms with Gasteiger partial charge < -0.3 is 10.6 Å². The Morgan fingerprint density at radius 3 is 2.77 bits per heavy atom. The summed E-state index contributed by atoms with van der Waals surface area (Å²) < 4.78 is 52.2. The Hall–Kier alpha value is -2.22. The summed E-state index contributed by atoms with van der Waals surface area (Å²) in [6.07, 6.45) is -2.74. The molecule has 0 atom stereocenters. The van der Waals surface area contributed by atoms with Crippen LogP contribution < -0.4 is 10.6 Å². The lowest BCUT2D eigenvalue weighted by molar-refractivity contribution is -0.137. The van der Waals surface area contributed by atoms with Crippen LogP contribution in [0.2, 0.25) is 0 Å². The first-order valence-electron chi connectivity index (χ1n) is 6.62. The zero-order chi connectivity index (χ0) is 15.7. The molecule has 8 heteroatoms. The van der Waals surface area contributed by atoms with Gasteiger partial charge >= 0.3 is 6.18 Å². The predicted octanol–water partition coefficient (Wildman–Crippen LogP) is 3.02. The summed E-state index contributed by atoms with van der Waals surface area (Å²) in [5, 5.41) is 5.80. The van der Waals surface area contributed by atoms with Crippen LogP contribution in [0, 0.1) is 5.82 Å². The van der Waals surface area contributed by atoms with Crippen molar-refractivity contribution in [2.75, 3.05) is 11.9 Å². The molecule has 0 amide bonds. The van der Waals surface area contributed by atoms with E-state index in [9.17, 15) is 17.6 Å². The number of benzene rings is 1. The second kappa shape index (κ2) is 5.53. The summed E-state index contributed by atoms with van der Waals surface area (Å²) in [6.45, 7) is 1.24. The van der Waals surface area contributed by atoms with E-state index in [0.29, 0.717) is 31.4 Å². The van der Waals surface area contributed by atoms with Crippen molar-refractivity contribution < 1.29 is 17.6 Å². The van der Waals surface area contributed by atoms with Crippen LogP contribution in [0.25, 0.3) is 0 Å². The van der Waals surface area contributed by atoms with Gasteiger partial charge in [-0.15, -0.1) is 0 Å². The Bertz CT molecular complexity index is 700. The average molecular weight is 312 g/mol. The van der Waals surface area contributed by atoms with Gasteiger partial charge in [0.2, 0.25) is 0 Å². The maximum atomic E-state index is 13.1. The molecule has 0 bridgehead atoms. The number of fused-ring (bicyclic) bond motifs is 1. The maximum Gasteiger partial charge on any atom is 0.418 e. The van der Waals surface area contributed by atoms with Gasteiger partial charge in [-0.3, -0.25) is 0 Å². The van der Waals surface area contributed by atoms with Gasteiger partial charge in [-0.2, -0.15) is 13.2 Å². The van der Waals surface area contributed by atoms with Crippen molar-refractivity contribution in [3.63, 3.8) is 0 Å². The van der Waals surface area contributed by atoms with Crippen molar-refractivity contribution in [2.45, 2.75) is 19.1 Å². The number of halogens is 4. The lowest BCUT2D eigenvalue weighted by atomic mass is 10.1. The van der Waals surface area contributed by atoms with Gasteiger partial charge in [0.25, 0.3) is 0 Å². The number of hydrogen-bond acceptors (Lipinski definition) is 4. The fraction of sp³-hybridized carbons (Fsp3) is 0.286. The van der Waals surface area contributed by atoms with Gasteiger partial charge in [-0.05, 0) is 31.2 Å². The van der Waals surface area contributed by atoms with Crippen LogP contribution in [-0.2, 0) is 19.1 Å². The molecular formula is C14H12F4N4. The molecule has 1 aromatic carbocycles. The molecule has 0 radical (unpaired) electrons. The molecule has 0 fully saturated rings. The van der Waals surface area contributed by atoms with E-state index in [1.54, 1.807) is 0 Å². The SMILES string of the molecule is Fc1ccc(Nc2ncnc3c2CCNC3)c(C(F)(F)F)c1. The van der Waals surface area contributed by atoms with E-state index in [1.807, 2.05) is 0 Å². The molecule has 1 aromatic heterocycles. The van der Waals surface area contributed by atoms with Crippen LogP contribution in [0.1, 0.15) is 16.8 Å². The molecular weight excluding hydrogens is 300 g/mol. The third-order valence-electron chi connectivity index (χ3n) is 3.42. The zero-order valence-corrected chi connectivity index (χ0v) is 11.3. The van der Waals surface area contributed by atoms with Gasteiger partial charge in [0.15, 0.2) is 0 Å². The number of aromatic nitrogens is 2. The number of nitrogens with one attached hydrogen (secondary N) is 2. The predicted molar refractivity (Wildman–Crippen MR) is 72.1 cm³/mol. The molecule has 2 heterocycles. The first-order valence-corrected chi connectivity index (χ1v) is 6.62. The monoisotopic (exact) mass is 312 g/mol. The molecule has 22 heavy (non-hydrogen) atoms. The summed E-state index contributed by atoms with van der Waals surface area (Å²) in [4.78, 5) is 8.13. The Balaban J connectivity index is 2.01. The van der Waals surface area contributed by atoms with Gasteiger partial charge in [-0.25, -0.2) is 14.4 Å². The summed E-state index contributed by atoms with van der Waals surface area (Å²) in [7, 11) is 0. The molecule has 4 nitrogen and oxygen atoms in total. The maximum absolute atomic E-state index is 13.1. The third-order valence-corrected chi connectivity index (χ3v) is 3.42. The van der Waals surface area contributed by atoms with Crippen molar-refractivity contribution in [1.29, 1.82) is 0 Å². The van der Waals surface area contributed by atoms with Crippen molar-refractivity contribution in [1.82, 2.24) is 15.3 Å². The average Bonchev–Trinajstić information content (AvgIpc) is 2.48. The second-order valence-corrected chi connectivity index (χ2v) is 4.89. The Labute approximate surface area is 123 Å². The summed E-state index contributed by atoms with van der Waals surface area (Å²) >= 11 is 0. The van der Waals surface area contributed by atoms with Crippen LogP contribution in [0.4, 0.5) is 29.1 Å². The summed E-state index contributed by atoms with van der Waals surface area (Å²) in [5.74, 6) is -0.615. The highest BCUT2D eigenvalue weighted by Gasteiger charge is 2.34. The topological polar surface area (TPSA) is 49.8 Å². The fourth-order valence-electron chi connectivity index (χ4n) is 2.38. The van der Waals surface area contributed by atoms with Crippen molar-refractivity contribution in [3.8, 4) is 0 Å². The molecule has 0 aliphatic carbocycles. The highest BCUT2D eigenvalue weighted by molar-refractivity contribution is 5.64. The molecule has 116 valence electrons. The molecule has 0 saturated heterocycles. The number of alkyl halides is 3. The second-order valence-electron chi connectivity index (χ2n) is 4.89. The highest BCUT2D eigenvalue weighted by atomic mass is 19.4. The van der Waals surface area contributed by atoms with E-state index < -0.39 is 17.6 Å². The van der Waals surface area contributed by atoms with Crippen LogP contribution in [0.15, 0.2) is 24.5 Å². The highest BCUT2D eigenvalue weighted by Crippen LogP contribution is 2.37. The lowest BCUT2D eigenvalue weighted by Crippen LogP contribution is -2.26. The molecule has 3 rings (SSSR count). The molecule has 0 spiro atoms. The minimum Gasteiger partial charge on any atom is -0.339 e. The first-order chi connectivity index (χ1) is 10.4. The van der Waals surface area contributed by atoms with E-state index in [2.05, 4.69) is 20.6 Å². The normalized spacial score (nSPS) is 14.5. The van der Waals surface area contributed by atoms with Crippen LogP contribution in [-0.4, -0.2) is 16.5 Å². The van der Waals surface area contributed by atoms with Crippen LogP contribution in [0.5, 0.6) is 0 Å². The Morgan fingerprint density at radius 1 is 1.18 bits per heavy atom. The fourth-order valence-corrected chi connectivity index (χ4v) is 2.38. The number of hydrogen-bond donors (Lipinski definition) is 2. The van der Waals surface area contributed by atoms with E-state index in [4.69, 9.17) is 0 Å². The van der Waals surface area contributed by atoms with Gasteiger partial charge in [-0.1, -0.05) is 0 Å². The molecule has 0 unspecified atom stereocenters. The van der Waals surface area contributed by atoms with Crippen molar-refractivity contribution in [3.05, 3.63) is 47.2 Å². The molecule has 0 saturated carbocycles. The first kappa shape index (κ1) is 14.7. The molecule has 2 N–H and O–H groups in total. The number of rotatable bonds is 2. The summed E-state index contributed by atoms with van der Waals surface area (Å²) in [6, 6.07) is 2.51. The van der Waals surface area contributed by atoms with E-state index >= 15 is 0 Å². The smallest absolute Gasteiger partial charge is 0.339 e. The van der Waals surface area contributed by atoms with Crippen molar-refractivity contribution in [2.24, 2.45) is 0 Å². The molecule has 1 aliphatic heterocycles. The van der Waals surface area contributed by atoms with Crippen LogP contribution >= 0.6 is 0 Å². The van der Waals surface area contributed by atoms with E-state index in [-0.39, 0.29) is 5.69 Å². The molecule has 1 aliphatic rings. The third kappa shape index (κ3) is 2.87. The minimum atomic E-state index is -4.65. The Kier molecular flexibility index (Phi) is 3.69. The minimum absolute atomic E-state index is 0.228. The largest absolute Gasteiger partial charge is 0.418 e. The zero-order valence-electron chi connectivity index (χ0n) is 11.3. The van der Waals surface area contributed by atoms with Gasteiger partial charge in [0.1, 0.15) is 18.0 Å². The number of anilines is 2. The van der Waals surface area contributed by atoms with Gasteiger partial charge in [0.05, 0.1) is 16.9 Å². The van der Waals surface area contributed by atoms with Crippen LogP contribution in [0.3, 0.4) is 0 Å².